The molecule has 104 valence electrons. The highest BCUT2D eigenvalue weighted by molar-refractivity contribution is 5.89. The van der Waals surface area contributed by atoms with Crippen molar-refractivity contribution in [3.05, 3.63) is 59.4 Å². The van der Waals surface area contributed by atoms with Gasteiger partial charge in [0.25, 0.3) is 0 Å². The molecule has 0 atom stereocenters. The van der Waals surface area contributed by atoms with Crippen molar-refractivity contribution in [3.63, 3.8) is 0 Å². The van der Waals surface area contributed by atoms with Crippen molar-refractivity contribution in [1.82, 2.24) is 0 Å². The Kier molecular flexibility index (Phi) is 4.48. The highest BCUT2D eigenvalue weighted by atomic mass is 19.1. The largest absolute Gasteiger partial charge is 0.478 e. The number of halogens is 1. The number of hydrogen-bond acceptors (Lipinski definition) is 2. The summed E-state index contributed by atoms with van der Waals surface area (Å²) in [6.07, 6.45) is 0.820. The molecule has 0 saturated heterocycles. The molecule has 0 bridgehead atoms. The van der Waals surface area contributed by atoms with Crippen molar-refractivity contribution >= 4 is 5.97 Å². The fraction of sp³-hybridized carbons (Fsp3) is 0.188. The van der Waals surface area contributed by atoms with Crippen LogP contribution in [0.15, 0.2) is 42.5 Å². The monoisotopic (exact) mass is 274 g/mol. The Labute approximate surface area is 116 Å². The van der Waals surface area contributed by atoms with Crippen molar-refractivity contribution in [2.24, 2.45) is 0 Å². The van der Waals surface area contributed by atoms with Crippen LogP contribution in [0, 0.1) is 5.82 Å². The molecule has 0 spiro atoms. The van der Waals surface area contributed by atoms with Gasteiger partial charge in [-0.05, 0) is 35.2 Å². The number of carbonyl (C=O) groups is 1. The molecule has 0 amide bonds. The summed E-state index contributed by atoms with van der Waals surface area (Å²) in [5.74, 6) is -1.99. The fourth-order valence-corrected chi connectivity index (χ4v) is 1.95. The van der Waals surface area contributed by atoms with Crippen LogP contribution in [0.3, 0.4) is 0 Å². The number of benzene rings is 2. The van der Waals surface area contributed by atoms with Crippen LogP contribution in [0.5, 0.6) is 0 Å². The van der Waals surface area contributed by atoms with Crippen LogP contribution in [0.25, 0.3) is 11.1 Å². The minimum absolute atomic E-state index is 0.314. The van der Waals surface area contributed by atoms with Crippen LogP contribution in [-0.2, 0) is 11.2 Å². The third-order valence-electron chi connectivity index (χ3n) is 3.08. The molecule has 20 heavy (non-hydrogen) atoms. The van der Waals surface area contributed by atoms with E-state index in [1.54, 1.807) is 13.2 Å². The van der Waals surface area contributed by atoms with E-state index in [9.17, 15) is 9.18 Å². The number of rotatable bonds is 5. The molecule has 3 nitrogen and oxygen atoms in total. The maximum absolute atomic E-state index is 13.3. The summed E-state index contributed by atoms with van der Waals surface area (Å²) in [5, 5.41) is 8.92. The van der Waals surface area contributed by atoms with E-state index in [0.717, 1.165) is 17.5 Å². The van der Waals surface area contributed by atoms with E-state index >= 15 is 0 Å². The van der Waals surface area contributed by atoms with Gasteiger partial charge in [0.2, 0.25) is 0 Å². The molecule has 0 heterocycles. The molecule has 0 aromatic heterocycles. The quantitative estimate of drug-likeness (QED) is 0.909. The highest BCUT2D eigenvalue weighted by Crippen LogP contribution is 2.23. The zero-order valence-corrected chi connectivity index (χ0v) is 11.1. The zero-order chi connectivity index (χ0) is 14.5. The van der Waals surface area contributed by atoms with Crippen LogP contribution >= 0.6 is 0 Å². The van der Waals surface area contributed by atoms with Crippen LogP contribution in [0.4, 0.5) is 4.39 Å². The lowest BCUT2D eigenvalue weighted by molar-refractivity contribution is 0.0692. The summed E-state index contributed by atoms with van der Waals surface area (Å²) >= 11 is 0. The molecule has 2 aromatic carbocycles. The van der Waals surface area contributed by atoms with Gasteiger partial charge >= 0.3 is 5.97 Å². The van der Waals surface area contributed by atoms with Crippen molar-refractivity contribution in [2.45, 2.75) is 6.42 Å². The Morgan fingerprint density at radius 1 is 1.15 bits per heavy atom. The SMILES string of the molecule is COCCc1ccc(-c2ccc(F)c(C(=O)O)c2)cc1. The zero-order valence-electron chi connectivity index (χ0n) is 11.1. The molecule has 0 unspecified atom stereocenters. The smallest absolute Gasteiger partial charge is 0.338 e. The molecule has 2 aromatic rings. The number of methoxy groups -OCH3 is 1. The van der Waals surface area contributed by atoms with E-state index in [1.807, 2.05) is 24.3 Å². The van der Waals surface area contributed by atoms with Crippen LogP contribution in [-0.4, -0.2) is 24.8 Å². The van der Waals surface area contributed by atoms with Gasteiger partial charge < -0.3 is 9.84 Å². The van der Waals surface area contributed by atoms with Gasteiger partial charge in [0.1, 0.15) is 5.82 Å². The van der Waals surface area contributed by atoms with E-state index in [-0.39, 0.29) is 5.56 Å². The summed E-state index contributed by atoms with van der Waals surface area (Å²) in [6, 6.07) is 11.8. The molecule has 0 aliphatic heterocycles. The third-order valence-corrected chi connectivity index (χ3v) is 3.08. The van der Waals surface area contributed by atoms with Gasteiger partial charge in [-0.3, -0.25) is 0 Å². The van der Waals surface area contributed by atoms with Crippen LogP contribution in [0.2, 0.25) is 0 Å². The topological polar surface area (TPSA) is 46.5 Å². The second kappa shape index (κ2) is 6.30. The summed E-state index contributed by atoms with van der Waals surface area (Å²) in [7, 11) is 1.65. The Morgan fingerprint density at radius 2 is 1.80 bits per heavy atom. The van der Waals surface area contributed by atoms with E-state index in [4.69, 9.17) is 9.84 Å². The summed E-state index contributed by atoms with van der Waals surface area (Å²) in [6.45, 7) is 0.652. The van der Waals surface area contributed by atoms with Gasteiger partial charge in [-0.15, -0.1) is 0 Å². The van der Waals surface area contributed by atoms with Crippen LogP contribution in [0.1, 0.15) is 15.9 Å². The van der Waals surface area contributed by atoms with Crippen molar-refractivity contribution in [3.8, 4) is 11.1 Å². The lowest BCUT2D eigenvalue weighted by atomic mass is 10.0. The van der Waals surface area contributed by atoms with Gasteiger partial charge in [-0.2, -0.15) is 0 Å². The molecule has 0 aliphatic carbocycles. The Morgan fingerprint density at radius 3 is 2.40 bits per heavy atom. The fourth-order valence-electron chi connectivity index (χ4n) is 1.95. The van der Waals surface area contributed by atoms with E-state index in [1.165, 1.54) is 12.1 Å². The Bertz CT molecular complexity index is 606. The lowest BCUT2D eigenvalue weighted by Gasteiger charge is -2.06. The molecular formula is C16H15FO3. The van der Waals surface area contributed by atoms with Gasteiger partial charge in [0.05, 0.1) is 12.2 Å². The van der Waals surface area contributed by atoms with Gasteiger partial charge in [0.15, 0.2) is 0 Å². The third kappa shape index (κ3) is 3.22. The maximum atomic E-state index is 13.3. The minimum Gasteiger partial charge on any atom is -0.478 e. The highest BCUT2D eigenvalue weighted by Gasteiger charge is 2.11. The second-order valence-corrected chi connectivity index (χ2v) is 4.44. The first kappa shape index (κ1) is 14.2. The van der Waals surface area contributed by atoms with Gasteiger partial charge in [-0.1, -0.05) is 30.3 Å². The predicted molar refractivity (Wildman–Crippen MR) is 74.4 cm³/mol. The molecule has 2 rings (SSSR count). The molecular weight excluding hydrogens is 259 g/mol. The molecule has 0 saturated carbocycles. The summed E-state index contributed by atoms with van der Waals surface area (Å²) < 4.78 is 18.4. The van der Waals surface area contributed by atoms with E-state index in [0.29, 0.717) is 12.2 Å². The number of carboxylic acid groups (broad SMARTS) is 1. The minimum atomic E-state index is -1.26. The molecule has 0 fully saturated rings. The van der Waals surface area contributed by atoms with E-state index in [2.05, 4.69) is 0 Å². The van der Waals surface area contributed by atoms with Crippen molar-refractivity contribution in [2.75, 3.05) is 13.7 Å². The Balaban J connectivity index is 2.27. The average molecular weight is 274 g/mol. The number of carboxylic acids is 1. The average Bonchev–Trinajstić information content (AvgIpc) is 2.46. The Hall–Kier alpha value is -2.20. The first-order valence-corrected chi connectivity index (χ1v) is 6.23. The number of hydrogen-bond donors (Lipinski definition) is 1. The normalized spacial score (nSPS) is 10.5. The lowest BCUT2D eigenvalue weighted by Crippen LogP contribution is -2.00. The second-order valence-electron chi connectivity index (χ2n) is 4.44. The van der Waals surface area contributed by atoms with Crippen LogP contribution < -0.4 is 0 Å². The molecule has 0 radical (unpaired) electrons. The summed E-state index contributed by atoms with van der Waals surface area (Å²) in [4.78, 5) is 10.9. The number of aromatic carboxylic acids is 1. The first-order chi connectivity index (χ1) is 9.61. The molecule has 1 N–H and O–H groups in total. The predicted octanol–water partition coefficient (Wildman–Crippen LogP) is 3.38. The van der Waals surface area contributed by atoms with E-state index < -0.39 is 11.8 Å². The maximum Gasteiger partial charge on any atom is 0.338 e. The number of ether oxygens (including phenoxy) is 1. The summed E-state index contributed by atoms with van der Waals surface area (Å²) in [5.41, 5.74) is 2.36. The molecule has 4 heteroatoms. The standard InChI is InChI=1S/C16H15FO3/c1-20-9-8-11-2-4-12(5-3-11)13-6-7-15(17)14(10-13)16(18)19/h2-7,10H,8-9H2,1H3,(H,18,19). The molecule has 0 aliphatic rings. The van der Waals surface area contributed by atoms with Crippen molar-refractivity contribution in [1.29, 1.82) is 0 Å². The van der Waals surface area contributed by atoms with Gasteiger partial charge in [-0.25, -0.2) is 9.18 Å². The van der Waals surface area contributed by atoms with Crippen molar-refractivity contribution < 1.29 is 19.0 Å². The first-order valence-electron chi connectivity index (χ1n) is 6.23. The van der Waals surface area contributed by atoms with Gasteiger partial charge in [0, 0.05) is 7.11 Å².